The molecule has 0 atom stereocenters. The third-order valence-corrected chi connectivity index (χ3v) is 2.99. The molecule has 0 fully saturated rings. The van der Waals surface area contributed by atoms with Gasteiger partial charge in [0.25, 0.3) is 0 Å². The van der Waals surface area contributed by atoms with E-state index in [0.29, 0.717) is 29.8 Å². The van der Waals surface area contributed by atoms with Crippen molar-refractivity contribution < 1.29 is 13.2 Å². The van der Waals surface area contributed by atoms with Crippen LogP contribution in [0.5, 0.6) is 0 Å². The number of rotatable bonds is 2. The van der Waals surface area contributed by atoms with Crippen LogP contribution in [0.25, 0.3) is 16.8 Å². The Balaban J connectivity index is 2.16. The van der Waals surface area contributed by atoms with Gasteiger partial charge < -0.3 is 10.7 Å². The first-order valence-corrected chi connectivity index (χ1v) is 5.76. The van der Waals surface area contributed by atoms with Crippen LogP contribution in [0.2, 0.25) is 0 Å². The highest BCUT2D eigenvalue weighted by Gasteiger charge is 2.30. The predicted octanol–water partition coefficient (Wildman–Crippen LogP) is 2.34. The van der Waals surface area contributed by atoms with Crippen LogP contribution in [0.3, 0.4) is 0 Å². The second-order valence-corrected chi connectivity index (χ2v) is 4.32. The number of alkyl halides is 3. The van der Waals surface area contributed by atoms with Crippen molar-refractivity contribution in [2.75, 3.05) is 6.54 Å². The number of nitrogens with one attached hydrogen (secondary N) is 1. The van der Waals surface area contributed by atoms with Crippen LogP contribution in [0.15, 0.2) is 24.4 Å². The highest BCUT2D eigenvalue weighted by molar-refractivity contribution is 5.80. The molecule has 0 aliphatic carbocycles. The monoisotopic (exact) mass is 268 g/mol. The number of halogens is 3. The standard InChI is InChI=1S/C12H11F3N4/c13-12(14,15)7-1-2-10-9(5-7)18-11-17-8(3-4-16)6-19(10)11/h1-2,5-6H,3-4,16H2,(H,17,18). The second-order valence-electron chi connectivity index (χ2n) is 4.32. The minimum absolute atomic E-state index is 0.320. The Morgan fingerprint density at radius 2 is 2.11 bits per heavy atom. The van der Waals surface area contributed by atoms with Gasteiger partial charge in [-0.25, -0.2) is 4.98 Å². The fraction of sp³-hybridized carbons (Fsp3) is 0.250. The number of nitrogens with zero attached hydrogens (tertiary/aromatic N) is 2. The smallest absolute Gasteiger partial charge is 0.330 e. The summed E-state index contributed by atoms with van der Waals surface area (Å²) in [6, 6.07) is 3.54. The molecule has 0 aliphatic rings. The van der Waals surface area contributed by atoms with Crippen molar-refractivity contribution in [2.24, 2.45) is 5.73 Å². The van der Waals surface area contributed by atoms with Crippen molar-refractivity contribution in [3.8, 4) is 0 Å². The average Bonchev–Trinajstić information content (AvgIpc) is 2.84. The minimum Gasteiger partial charge on any atom is -0.330 e. The maximum atomic E-state index is 12.6. The molecule has 2 aromatic heterocycles. The highest BCUT2D eigenvalue weighted by Crippen LogP contribution is 2.31. The molecule has 2 heterocycles. The summed E-state index contributed by atoms with van der Waals surface area (Å²) in [6.07, 6.45) is -1.87. The summed E-state index contributed by atoms with van der Waals surface area (Å²) in [5.41, 5.74) is 6.64. The lowest BCUT2D eigenvalue weighted by atomic mass is 10.2. The first-order valence-electron chi connectivity index (χ1n) is 5.76. The largest absolute Gasteiger partial charge is 0.416 e. The van der Waals surface area contributed by atoms with Crippen LogP contribution in [-0.4, -0.2) is 20.9 Å². The lowest BCUT2D eigenvalue weighted by molar-refractivity contribution is -0.137. The third-order valence-electron chi connectivity index (χ3n) is 2.99. The van der Waals surface area contributed by atoms with E-state index >= 15 is 0 Å². The van der Waals surface area contributed by atoms with Gasteiger partial charge in [-0.15, -0.1) is 0 Å². The summed E-state index contributed by atoms with van der Waals surface area (Å²) >= 11 is 0. The van der Waals surface area contributed by atoms with Gasteiger partial charge in [0.05, 0.1) is 16.6 Å². The fourth-order valence-corrected chi connectivity index (χ4v) is 2.11. The van der Waals surface area contributed by atoms with Gasteiger partial charge in [-0.1, -0.05) is 0 Å². The maximum absolute atomic E-state index is 12.6. The summed E-state index contributed by atoms with van der Waals surface area (Å²) in [7, 11) is 0. The Bertz CT molecular complexity index is 738. The maximum Gasteiger partial charge on any atom is 0.416 e. The molecule has 3 N–H and O–H groups in total. The van der Waals surface area contributed by atoms with E-state index in [1.807, 2.05) is 6.20 Å². The minimum atomic E-state index is -4.35. The zero-order chi connectivity index (χ0) is 13.6. The van der Waals surface area contributed by atoms with E-state index in [1.54, 1.807) is 4.40 Å². The molecule has 0 unspecified atom stereocenters. The van der Waals surface area contributed by atoms with Gasteiger partial charge >= 0.3 is 6.18 Å². The second kappa shape index (κ2) is 3.99. The van der Waals surface area contributed by atoms with E-state index in [4.69, 9.17) is 5.73 Å². The molecule has 0 saturated heterocycles. The van der Waals surface area contributed by atoms with Crippen LogP contribution >= 0.6 is 0 Å². The van der Waals surface area contributed by atoms with E-state index in [9.17, 15) is 13.2 Å². The van der Waals surface area contributed by atoms with E-state index in [2.05, 4.69) is 9.97 Å². The summed E-state index contributed by atoms with van der Waals surface area (Å²) in [6.45, 7) is 0.500. The first kappa shape index (κ1) is 12.0. The molecule has 0 aliphatic heterocycles. The molecule has 1 aromatic carbocycles. The van der Waals surface area contributed by atoms with Gasteiger partial charge in [0.15, 0.2) is 0 Å². The number of aromatic nitrogens is 3. The summed E-state index contributed by atoms with van der Waals surface area (Å²) in [4.78, 5) is 7.19. The van der Waals surface area contributed by atoms with Crippen LogP contribution < -0.4 is 5.73 Å². The SMILES string of the molecule is NCCc1cn2c(nc3cc(C(F)(F)F)ccc32)[nH]1. The number of fused-ring (bicyclic) bond motifs is 3. The molecule has 3 aromatic rings. The molecular weight excluding hydrogens is 257 g/mol. The summed E-state index contributed by atoms with van der Waals surface area (Å²) < 4.78 is 39.6. The Morgan fingerprint density at radius 1 is 1.32 bits per heavy atom. The lowest BCUT2D eigenvalue weighted by Gasteiger charge is -2.05. The molecule has 0 radical (unpaired) electrons. The predicted molar refractivity (Wildman–Crippen MR) is 64.8 cm³/mol. The Morgan fingerprint density at radius 3 is 2.79 bits per heavy atom. The van der Waals surface area contributed by atoms with Gasteiger partial charge in [-0.2, -0.15) is 13.2 Å². The van der Waals surface area contributed by atoms with Crippen molar-refractivity contribution >= 4 is 16.8 Å². The molecule has 7 heteroatoms. The summed E-state index contributed by atoms with van der Waals surface area (Å²) in [5.74, 6) is 0.526. The normalized spacial score (nSPS) is 12.6. The first-order chi connectivity index (χ1) is 8.99. The number of hydrogen-bond acceptors (Lipinski definition) is 2. The molecule has 4 nitrogen and oxygen atoms in total. The number of benzene rings is 1. The average molecular weight is 268 g/mol. The zero-order valence-electron chi connectivity index (χ0n) is 9.83. The highest BCUT2D eigenvalue weighted by atomic mass is 19.4. The van der Waals surface area contributed by atoms with Crippen LogP contribution in [-0.2, 0) is 12.6 Å². The van der Waals surface area contributed by atoms with Crippen LogP contribution in [0.4, 0.5) is 13.2 Å². The molecule has 3 rings (SSSR count). The molecular formula is C12H11F3N4. The number of H-pyrrole nitrogens is 1. The number of nitrogens with two attached hydrogens (primary N) is 1. The number of imidazole rings is 2. The van der Waals surface area contributed by atoms with Crippen LogP contribution in [0, 0.1) is 0 Å². The van der Waals surface area contributed by atoms with Gasteiger partial charge in [-0.05, 0) is 24.7 Å². The van der Waals surface area contributed by atoms with Crippen molar-refractivity contribution in [1.82, 2.24) is 14.4 Å². The molecule has 100 valence electrons. The molecule has 0 amide bonds. The zero-order valence-corrected chi connectivity index (χ0v) is 9.83. The Labute approximate surface area is 106 Å². The van der Waals surface area contributed by atoms with Gasteiger partial charge in [0.1, 0.15) is 0 Å². The lowest BCUT2D eigenvalue weighted by Crippen LogP contribution is -2.04. The van der Waals surface area contributed by atoms with Gasteiger partial charge in [0.2, 0.25) is 5.78 Å². The third kappa shape index (κ3) is 1.95. The molecule has 0 bridgehead atoms. The van der Waals surface area contributed by atoms with E-state index < -0.39 is 11.7 Å². The fourth-order valence-electron chi connectivity index (χ4n) is 2.11. The molecule has 0 saturated carbocycles. The van der Waals surface area contributed by atoms with E-state index in [1.165, 1.54) is 6.07 Å². The quantitative estimate of drug-likeness (QED) is 0.749. The molecule has 0 spiro atoms. The number of aromatic amines is 1. The van der Waals surface area contributed by atoms with E-state index in [0.717, 1.165) is 17.8 Å². The van der Waals surface area contributed by atoms with Crippen molar-refractivity contribution in [3.63, 3.8) is 0 Å². The van der Waals surface area contributed by atoms with Crippen molar-refractivity contribution in [3.05, 3.63) is 35.7 Å². The summed E-state index contributed by atoms with van der Waals surface area (Å²) in [5, 5.41) is 0. The number of hydrogen-bond donors (Lipinski definition) is 2. The van der Waals surface area contributed by atoms with Crippen molar-refractivity contribution in [1.29, 1.82) is 0 Å². The van der Waals surface area contributed by atoms with Crippen molar-refractivity contribution in [2.45, 2.75) is 12.6 Å². The van der Waals surface area contributed by atoms with Crippen LogP contribution in [0.1, 0.15) is 11.3 Å². The Hall–Kier alpha value is -2.02. The topological polar surface area (TPSA) is 59.1 Å². The molecule has 19 heavy (non-hydrogen) atoms. The Kier molecular flexibility index (Phi) is 2.53. The van der Waals surface area contributed by atoms with E-state index in [-0.39, 0.29) is 0 Å². The van der Waals surface area contributed by atoms with Gasteiger partial charge in [-0.3, -0.25) is 4.40 Å². The van der Waals surface area contributed by atoms with Gasteiger partial charge in [0, 0.05) is 18.3 Å².